The molecular weight excluding hydrogens is 425 g/mol. The molecule has 0 aromatic rings. The molecule has 0 N–H and O–H groups in total. The summed E-state index contributed by atoms with van der Waals surface area (Å²) >= 11 is 3.95. The van der Waals surface area contributed by atoms with E-state index in [2.05, 4.69) is 52.5 Å². The lowest BCUT2D eigenvalue weighted by Crippen LogP contribution is -2.33. The van der Waals surface area contributed by atoms with Crippen LogP contribution >= 0.6 is 35.0 Å². The fourth-order valence-corrected chi connectivity index (χ4v) is 33.5. The van der Waals surface area contributed by atoms with E-state index in [1.807, 2.05) is 41.5 Å². The first-order valence-electron chi connectivity index (χ1n) is 8.87. The molecule has 0 fully saturated rings. The van der Waals surface area contributed by atoms with Gasteiger partial charge in [-0.1, -0.05) is 27.7 Å². The van der Waals surface area contributed by atoms with E-state index < -0.39 is 29.8 Å². The summed E-state index contributed by atoms with van der Waals surface area (Å²) in [7, 11) is -1.96. The number of halogens is 1. The fourth-order valence-electron chi connectivity index (χ4n) is 3.24. The van der Waals surface area contributed by atoms with Crippen molar-refractivity contribution < 1.29 is 9.46 Å². The highest BCUT2D eigenvalue weighted by Gasteiger charge is 2.58. The second-order valence-electron chi connectivity index (χ2n) is 7.94. The van der Waals surface area contributed by atoms with Crippen LogP contribution in [0.25, 0.3) is 0 Å². The Kier molecular flexibility index (Phi) is 9.50. The van der Waals surface area contributed by atoms with E-state index in [0.717, 1.165) is 26.2 Å². The molecule has 0 spiro atoms. The van der Waals surface area contributed by atoms with Gasteiger partial charge in [0.2, 0.25) is 5.55 Å². The van der Waals surface area contributed by atoms with Crippen molar-refractivity contribution in [2.24, 2.45) is 0 Å². The molecule has 0 saturated heterocycles. The Labute approximate surface area is 159 Å². The van der Waals surface area contributed by atoms with Gasteiger partial charge in [0.05, 0.1) is 10.3 Å². The summed E-state index contributed by atoms with van der Waals surface area (Å²) in [6, 6.07) is 0. The molecule has 24 heavy (non-hydrogen) atoms. The van der Waals surface area contributed by atoms with Crippen LogP contribution in [0.3, 0.4) is 0 Å². The van der Waals surface area contributed by atoms with Crippen LogP contribution in [0.15, 0.2) is 0 Å². The Morgan fingerprint density at radius 3 is 1.25 bits per heavy atom. The minimum Gasteiger partial charge on any atom is -0.626 e. The standard InChI is InChI=1S/C16H38BrN2O2P3/c1-11-18(12-2)24(17,19(13-3)14-4)22(20)23(21,15(5,6)7)16(8,9)10/h11-14H2,1-10H3. The summed E-state index contributed by atoms with van der Waals surface area (Å²) in [6.45, 7) is 20.4. The van der Waals surface area contributed by atoms with Crippen molar-refractivity contribution in [3.63, 3.8) is 0 Å². The fraction of sp³-hybridized carbons (Fsp3) is 1.00. The summed E-state index contributed by atoms with van der Waals surface area (Å²) in [4.78, 5) is 14.1. The molecular formula is C16H38BrN2O2P3. The topological polar surface area (TPSA) is 46.6 Å². The predicted molar refractivity (Wildman–Crippen MR) is 116 cm³/mol. The first kappa shape index (κ1) is 25.3. The van der Waals surface area contributed by atoms with Gasteiger partial charge in [-0.2, -0.15) is 0 Å². The maximum Gasteiger partial charge on any atom is 0.268 e. The van der Waals surface area contributed by atoms with E-state index >= 15 is 0 Å². The second kappa shape index (κ2) is 9.01. The van der Waals surface area contributed by atoms with Crippen LogP contribution in [-0.4, -0.2) is 45.8 Å². The lowest BCUT2D eigenvalue weighted by atomic mass is 10.2. The van der Waals surface area contributed by atoms with Crippen molar-refractivity contribution in [3.05, 3.63) is 0 Å². The van der Waals surface area contributed by atoms with E-state index in [1.165, 1.54) is 0 Å². The van der Waals surface area contributed by atoms with Gasteiger partial charge in [0.25, 0.3) is 6.83 Å². The minimum atomic E-state index is -3.03. The largest absolute Gasteiger partial charge is 0.626 e. The summed E-state index contributed by atoms with van der Waals surface area (Å²) in [5.41, 5.74) is -2.37. The highest BCUT2D eigenvalue weighted by Crippen LogP contribution is 2.91. The Morgan fingerprint density at radius 1 is 0.833 bits per heavy atom. The van der Waals surface area contributed by atoms with Crippen LogP contribution in [0.5, 0.6) is 0 Å². The van der Waals surface area contributed by atoms with E-state index in [4.69, 9.17) is 0 Å². The lowest BCUT2D eigenvalue weighted by molar-refractivity contribution is -0.147. The molecule has 0 radical (unpaired) electrons. The minimum absolute atomic E-state index is 0.502. The van der Waals surface area contributed by atoms with Crippen LogP contribution in [-0.2, 0) is 4.57 Å². The molecule has 0 heterocycles. The van der Waals surface area contributed by atoms with E-state index in [9.17, 15) is 9.46 Å². The van der Waals surface area contributed by atoms with Gasteiger partial charge in [0, 0.05) is 41.7 Å². The second-order valence-corrected chi connectivity index (χ2v) is 25.5. The lowest BCUT2D eigenvalue weighted by Gasteiger charge is -2.43. The Bertz CT molecular complexity index is 482. The SMILES string of the molecule is CCN(CC)P(Br)(N(CC)CC)=[P+]([O-])P(=O)(C(C)(C)C)C(C)(C)C. The van der Waals surface area contributed by atoms with Crippen molar-refractivity contribution in [1.82, 2.24) is 9.34 Å². The molecule has 0 amide bonds. The average Bonchev–Trinajstić information content (AvgIpc) is 2.45. The van der Waals surface area contributed by atoms with Gasteiger partial charge in [-0.05, 0) is 41.5 Å². The first-order chi connectivity index (χ1) is 10.7. The van der Waals surface area contributed by atoms with Crippen molar-refractivity contribution in [2.75, 3.05) is 26.2 Å². The van der Waals surface area contributed by atoms with E-state index in [1.54, 1.807) is 0 Å². The molecule has 0 aliphatic heterocycles. The summed E-state index contributed by atoms with van der Waals surface area (Å²) in [5.74, 6) is 0. The summed E-state index contributed by atoms with van der Waals surface area (Å²) < 4.78 is 18.8. The first-order valence-corrected chi connectivity index (χ1v) is 17.0. The third-order valence-electron chi connectivity index (χ3n) is 4.46. The van der Waals surface area contributed by atoms with Crippen LogP contribution in [0.4, 0.5) is 0 Å². The molecule has 0 aliphatic carbocycles. The van der Waals surface area contributed by atoms with Crippen molar-refractivity contribution in [2.45, 2.75) is 79.5 Å². The van der Waals surface area contributed by atoms with Gasteiger partial charge in [-0.25, -0.2) is 9.34 Å². The Balaban J connectivity index is 7.09. The van der Waals surface area contributed by atoms with Gasteiger partial charge < -0.3 is 4.89 Å². The summed E-state index contributed by atoms with van der Waals surface area (Å²) in [5, 5.41) is -1.00. The third-order valence-corrected chi connectivity index (χ3v) is 31.5. The van der Waals surface area contributed by atoms with Gasteiger partial charge in [0.1, 0.15) is 7.12 Å². The predicted octanol–water partition coefficient (Wildman–Crippen LogP) is 6.37. The van der Waals surface area contributed by atoms with Crippen LogP contribution in [0.2, 0.25) is 0 Å². The molecule has 146 valence electrons. The normalized spacial score (nSPS) is 15.3. The van der Waals surface area contributed by atoms with Gasteiger partial charge >= 0.3 is 0 Å². The monoisotopic (exact) mass is 462 g/mol. The quantitative estimate of drug-likeness (QED) is 0.412. The van der Waals surface area contributed by atoms with Crippen LogP contribution < -0.4 is 4.89 Å². The molecule has 0 bridgehead atoms. The number of hydrogen-bond donors (Lipinski definition) is 0. The molecule has 0 rings (SSSR count). The molecule has 4 nitrogen and oxygen atoms in total. The smallest absolute Gasteiger partial charge is 0.268 e. The maximum absolute atomic E-state index is 14.3. The van der Waals surface area contributed by atoms with E-state index in [0.29, 0.717) is 0 Å². The molecule has 0 aromatic heterocycles. The van der Waals surface area contributed by atoms with E-state index in [-0.39, 0.29) is 0 Å². The van der Waals surface area contributed by atoms with Crippen molar-refractivity contribution >= 4 is 35.0 Å². The molecule has 0 aromatic carbocycles. The number of nitrogens with zero attached hydrogens (tertiary/aromatic N) is 2. The molecule has 0 saturated carbocycles. The summed E-state index contributed by atoms with van der Waals surface area (Å²) in [6.07, 6.45) is 0. The van der Waals surface area contributed by atoms with Crippen LogP contribution in [0, 0.1) is 0 Å². The Hall–Kier alpha value is 1.32. The molecule has 1 unspecified atom stereocenters. The third kappa shape index (κ3) is 4.41. The highest BCUT2D eigenvalue weighted by atomic mass is 79.9. The zero-order chi connectivity index (χ0) is 19.6. The van der Waals surface area contributed by atoms with Gasteiger partial charge in [0.15, 0.2) is 0 Å². The maximum atomic E-state index is 14.3. The van der Waals surface area contributed by atoms with Crippen molar-refractivity contribution in [3.8, 4) is 0 Å². The zero-order valence-electron chi connectivity index (χ0n) is 17.3. The average molecular weight is 463 g/mol. The molecule has 0 aliphatic rings. The van der Waals surface area contributed by atoms with Crippen molar-refractivity contribution in [1.29, 1.82) is 0 Å². The number of rotatable bonds is 7. The molecule has 8 heteroatoms. The molecule has 1 atom stereocenters. The van der Waals surface area contributed by atoms with Crippen LogP contribution in [0.1, 0.15) is 69.2 Å². The van der Waals surface area contributed by atoms with Gasteiger partial charge in [-0.3, -0.25) is 4.57 Å². The number of hydrogen-bond acceptors (Lipinski definition) is 2. The Morgan fingerprint density at radius 2 is 1.08 bits per heavy atom. The zero-order valence-corrected chi connectivity index (χ0v) is 21.5. The highest BCUT2D eigenvalue weighted by molar-refractivity contribution is 9.43. The van der Waals surface area contributed by atoms with Gasteiger partial charge in [-0.15, -0.1) is 0 Å².